The summed E-state index contributed by atoms with van der Waals surface area (Å²) in [5.41, 5.74) is 1.30. The largest absolute Gasteiger partial charge is 0.467 e. The van der Waals surface area contributed by atoms with E-state index in [0.29, 0.717) is 5.76 Å². The Labute approximate surface area is 204 Å². The first-order valence-electron chi connectivity index (χ1n) is 11.7. The zero-order valence-electron chi connectivity index (χ0n) is 19.8. The number of hydrazone groups is 1. The number of carbonyl (C=O) groups is 1. The van der Waals surface area contributed by atoms with E-state index in [-0.39, 0.29) is 29.5 Å². The maximum absolute atomic E-state index is 13.7. The van der Waals surface area contributed by atoms with E-state index in [9.17, 15) is 14.4 Å². The molecule has 1 aliphatic heterocycles. The van der Waals surface area contributed by atoms with Gasteiger partial charge in [-0.05, 0) is 55.2 Å². The lowest BCUT2D eigenvalue weighted by atomic mass is 9.79. The van der Waals surface area contributed by atoms with Gasteiger partial charge in [-0.1, -0.05) is 0 Å². The number of nitrogens with zero attached hydrogens (tertiary/aromatic N) is 6. The number of imidazole rings is 1. The molecule has 5 heterocycles. The van der Waals surface area contributed by atoms with Crippen LogP contribution in [0.15, 0.2) is 72.2 Å². The van der Waals surface area contributed by atoms with Gasteiger partial charge in [0.05, 0.1) is 24.6 Å². The van der Waals surface area contributed by atoms with E-state index >= 15 is 0 Å². The molecule has 4 aromatic rings. The Morgan fingerprint density at radius 2 is 1.94 bits per heavy atom. The van der Waals surface area contributed by atoms with E-state index in [1.807, 2.05) is 24.3 Å². The van der Waals surface area contributed by atoms with E-state index in [1.54, 1.807) is 25.6 Å². The van der Waals surface area contributed by atoms with Gasteiger partial charge >= 0.3 is 5.69 Å². The third-order valence-corrected chi connectivity index (χ3v) is 6.97. The van der Waals surface area contributed by atoms with Crippen LogP contribution in [0.2, 0.25) is 0 Å². The summed E-state index contributed by atoms with van der Waals surface area (Å²) in [6, 6.07) is 6.97. The molecule has 2 atom stereocenters. The van der Waals surface area contributed by atoms with Crippen molar-refractivity contribution in [1.82, 2.24) is 23.7 Å². The van der Waals surface area contributed by atoms with Crippen LogP contribution >= 0.6 is 0 Å². The van der Waals surface area contributed by atoms with Crippen LogP contribution in [0.25, 0.3) is 17.2 Å². The third-order valence-electron chi connectivity index (χ3n) is 6.97. The summed E-state index contributed by atoms with van der Waals surface area (Å²) < 4.78 is 15.0. The van der Waals surface area contributed by atoms with Gasteiger partial charge in [-0.15, -0.1) is 0 Å². The van der Waals surface area contributed by atoms with Crippen LogP contribution in [-0.4, -0.2) is 35.3 Å². The Morgan fingerprint density at radius 1 is 1.14 bits per heavy atom. The highest BCUT2D eigenvalue weighted by Gasteiger charge is 2.45. The fourth-order valence-electron chi connectivity index (χ4n) is 5.23. The number of aryl methyl sites for hydroxylation is 1. The minimum atomic E-state index is -0.508. The normalized spacial score (nSPS) is 20.8. The maximum Gasteiger partial charge on any atom is 0.332 e. The van der Waals surface area contributed by atoms with E-state index in [0.717, 1.165) is 40.9 Å². The summed E-state index contributed by atoms with van der Waals surface area (Å²) in [6.45, 7) is -0.165. The van der Waals surface area contributed by atoms with Crippen molar-refractivity contribution in [2.24, 2.45) is 25.1 Å². The van der Waals surface area contributed by atoms with E-state index in [2.05, 4.69) is 4.98 Å². The molecule has 0 radical (unpaired) electrons. The minimum absolute atomic E-state index is 0.0247. The molecule has 0 saturated heterocycles. The second-order valence-corrected chi connectivity index (χ2v) is 9.12. The van der Waals surface area contributed by atoms with Crippen molar-refractivity contribution in [2.45, 2.75) is 31.8 Å². The van der Waals surface area contributed by atoms with Crippen LogP contribution in [0, 0.1) is 5.92 Å². The van der Waals surface area contributed by atoms with Crippen LogP contribution in [0.5, 0.6) is 0 Å². The van der Waals surface area contributed by atoms with Gasteiger partial charge in [0.25, 0.3) is 11.5 Å². The molecule has 1 saturated carbocycles. The molecule has 11 heteroatoms. The molecular formula is C25H24N6O5. The van der Waals surface area contributed by atoms with Crippen molar-refractivity contribution in [3.8, 4) is 0 Å². The number of hydrogen-bond acceptors (Lipinski definition) is 7. The molecule has 184 valence electrons. The highest BCUT2D eigenvalue weighted by Crippen LogP contribution is 2.44. The Bertz CT molecular complexity index is 1630. The zero-order chi connectivity index (χ0) is 25.0. The Morgan fingerprint density at radius 3 is 2.69 bits per heavy atom. The number of furan rings is 2. The fraction of sp³-hybridized carbons (Fsp3) is 0.320. The van der Waals surface area contributed by atoms with Crippen molar-refractivity contribution in [1.29, 1.82) is 0 Å². The van der Waals surface area contributed by atoms with Gasteiger partial charge in [0.15, 0.2) is 11.2 Å². The predicted octanol–water partition coefficient (Wildman–Crippen LogP) is 2.44. The Hall–Kier alpha value is -4.41. The topological polar surface area (TPSA) is 121 Å². The lowest BCUT2D eigenvalue weighted by Crippen LogP contribution is -2.38. The zero-order valence-corrected chi connectivity index (χ0v) is 19.8. The molecule has 1 amide bonds. The number of carbonyl (C=O) groups excluding carboxylic acids is 1. The summed E-state index contributed by atoms with van der Waals surface area (Å²) in [7, 11) is 2.94. The Balaban J connectivity index is 1.40. The molecule has 11 nitrogen and oxygen atoms in total. The second-order valence-electron chi connectivity index (χ2n) is 9.12. The molecule has 0 bridgehead atoms. The average Bonchev–Trinajstić information content (AvgIpc) is 3.67. The van der Waals surface area contributed by atoms with Crippen LogP contribution in [0.3, 0.4) is 0 Å². The Kier molecular flexibility index (Phi) is 5.13. The quantitative estimate of drug-likeness (QED) is 0.435. The molecule has 2 aliphatic rings. The van der Waals surface area contributed by atoms with E-state index in [1.165, 1.54) is 27.5 Å². The van der Waals surface area contributed by atoms with Crippen LogP contribution in [0.4, 0.5) is 0 Å². The van der Waals surface area contributed by atoms with Gasteiger partial charge in [-0.2, -0.15) is 5.10 Å². The van der Waals surface area contributed by atoms with E-state index < -0.39 is 17.3 Å². The monoisotopic (exact) mass is 488 g/mol. The van der Waals surface area contributed by atoms with E-state index in [4.69, 9.17) is 13.9 Å². The number of amides is 1. The van der Waals surface area contributed by atoms with Crippen LogP contribution in [0.1, 0.15) is 36.8 Å². The number of hydrogen-bond donors (Lipinski definition) is 0. The lowest BCUT2D eigenvalue weighted by Gasteiger charge is -2.27. The first-order valence-corrected chi connectivity index (χ1v) is 11.7. The SMILES string of the molecule is Cn1c(=O)c2c(ncn2CC(=O)N2N=C3/C(=C\c4ccco4)CCCC3C2c2ccco2)n(C)c1=O. The molecule has 0 spiro atoms. The average molecular weight is 489 g/mol. The third kappa shape index (κ3) is 3.38. The smallest absolute Gasteiger partial charge is 0.332 e. The first-order chi connectivity index (χ1) is 17.4. The summed E-state index contributed by atoms with van der Waals surface area (Å²) in [6.07, 6.45) is 9.24. The van der Waals surface area contributed by atoms with Crippen LogP contribution < -0.4 is 11.2 Å². The highest BCUT2D eigenvalue weighted by atomic mass is 16.3. The van der Waals surface area contributed by atoms with Gasteiger partial charge in [-0.3, -0.25) is 18.7 Å². The maximum atomic E-state index is 13.7. The van der Waals surface area contributed by atoms with Gasteiger partial charge in [0.1, 0.15) is 24.1 Å². The second kappa shape index (κ2) is 8.36. The molecule has 6 rings (SSSR count). The molecule has 0 aromatic carbocycles. The molecule has 1 fully saturated rings. The summed E-state index contributed by atoms with van der Waals surface area (Å²) >= 11 is 0. The molecule has 1 aliphatic carbocycles. The van der Waals surface area contributed by atoms with Crippen molar-refractivity contribution >= 4 is 28.9 Å². The molecule has 4 aromatic heterocycles. The fourth-order valence-corrected chi connectivity index (χ4v) is 5.23. The van der Waals surface area contributed by atoms with Gasteiger partial charge in [-0.25, -0.2) is 14.8 Å². The standard InChI is InChI=1S/C25H24N6O5/c1-28-23-22(24(33)29(2)25(28)34)30(14-26-23)13-19(32)31-21(18-9-5-11-36-18)17-8-3-6-15(20(17)27-31)12-16-7-4-10-35-16/h4-5,7,9-12,14,17,21H,3,6,8,13H2,1-2H3/b15-12-. The van der Waals surface area contributed by atoms with Crippen molar-refractivity contribution in [3.05, 3.63) is 81.1 Å². The lowest BCUT2D eigenvalue weighted by molar-refractivity contribution is -0.134. The summed E-state index contributed by atoms with van der Waals surface area (Å²) in [5, 5.41) is 6.27. The van der Waals surface area contributed by atoms with Gasteiger partial charge in [0.2, 0.25) is 0 Å². The van der Waals surface area contributed by atoms with Crippen molar-refractivity contribution < 1.29 is 13.6 Å². The van der Waals surface area contributed by atoms with Gasteiger partial charge in [0, 0.05) is 20.0 Å². The molecular weight excluding hydrogens is 464 g/mol. The number of allylic oxidation sites excluding steroid dienone is 1. The summed E-state index contributed by atoms with van der Waals surface area (Å²) in [4.78, 5) is 43.0. The number of rotatable bonds is 4. The van der Waals surface area contributed by atoms with Crippen molar-refractivity contribution in [3.63, 3.8) is 0 Å². The number of fused-ring (bicyclic) bond motifs is 2. The minimum Gasteiger partial charge on any atom is -0.467 e. The highest BCUT2D eigenvalue weighted by molar-refractivity contribution is 6.07. The molecule has 2 unspecified atom stereocenters. The predicted molar refractivity (Wildman–Crippen MR) is 130 cm³/mol. The number of aromatic nitrogens is 4. The summed E-state index contributed by atoms with van der Waals surface area (Å²) in [5.74, 6) is 1.05. The van der Waals surface area contributed by atoms with Crippen molar-refractivity contribution in [2.75, 3.05) is 0 Å². The molecule has 36 heavy (non-hydrogen) atoms. The van der Waals surface area contributed by atoms with Crippen LogP contribution in [-0.2, 0) is 25.4 Å². The first kappa shape index (κ1) is 22.1. The van der Waals surface area contributed by atoms with Gasteiger partial charge < -0.3 is 13.4 Å². The molecule has 0 N–H and O–H groups in total.